The molecule has 0 aromatic carbocycles. The lowest BCUT2D eigenvalue weighted by molar-refractivity contribution is -0.181. The molecule has 2 bridgehead atoms. The molecule has 4 heteroatoms. The van der Waals surface area contributed by atoms with Crippen LogP contribution in [0.25, 0.3) is 0 Å². The Hall–Kier alpha value is -0.870. The predicted octanol–water partition coefficient (Wildman–Crippen LogP) is 0.479. The van der Waals surface area contributed by atoms with Gasteiger partial charge in [0.1, 0.15) is 0 Å². The van der Waals surface area contributed by atoms with Gasteiger partial charge in [-0.15, -0.1) is 0 Å². The Balaban J connectivity index is 2.13. The summed E-state index contributed by atoms with van der Waals surface area (Å²) in [6, 6.07) is 0. The van der Waals surface area contributed by atoms with E-state index in [1.54, 1.807) is 0 Å². The van der Waals surface area contributed by atoms with Crippen LogP contribution in [0, 0.1) is 5.92 Å². The normalized spacial score (nSPS) is 27.2. The summed E-state index contributed by atoms with van der Waals surface area (Å²) in [6.07, 6.45) is 4.16. The highest BCUT2D eigenvalue weighted by molar-refractivity contribution is 5.76. The summed E-state index contributed by atoms with van der Waals surface area (Å²) >= 11 is 0. The third-order valence-electron chi connectivity index (χ3n) is 2.89. The summed E-state index contributed by atoms with van der Waals surface area (Å²) in [6.45, 7) is 1.27. The quantitative estimate of drug-likeness (QED) is 0.655. The Morgan fingerprint density at radius 2 is 2.50 bits per heavy atom. The minimum atomic E-state index is 0.0658. The number of carbonyl (C=O) groups excluding carboxylic acids is 1. The van der Waals surface area contributed by atoms with Crippen molar-refractivity contribution in [3.05, 3.63) is 11.6 Å². The largest absolute Gasteiger partial charge is 0.396 e. The van der Waals surface area contributed by atoms with Gasteiger partial charge < -0.3 is 5.11 Å². The van der Waals surface area contributed by atoms with E-state index in [2.05, 4.69) is 0 Å². The summed E-state index contributed by atoms with van der Waals surface area (Å²) in [5.74, 6) is 0.425. The number of aliphatic hydroxyl groups excluding tert-OH is 1. The van der Waals surface area contributed by atoms with Gasteiger partial charge >= 0.3 is 0 Å². The summed E-state index contributed by atoms with van der Waals surface area (Å²) < 4.78 is 0. The fraction of sp³-hybridized carbons (Fsp3) is 0.700. The highest BCUT2D eigenvalue weighted by atomic mass is 16.7. The van der Waals surface area contributed by atoms with Crippen LogP contribution in [-0.4, -0.2) is 35.8 Å². The van der Waals surface area contributed by atoms with Crippen LogP contribution in [0.3, 0.4) is 0 Å². The van der Waals surface area contributed by atoms with Crippen molar-refractivity contribution in [1.29, 1.82) is 0 Å². The monoisotopic (exact) mass is 197 g/mol. The van der Waals surface area contributed by atoms with Crippen molar-refractivity contribution in [2.45, 2.75) is 19.3 Å². The minimum Gasteiger partial charge on any atom is -0.396 e. The van der Waals surface area contributed by atoms with Gasteiger partial charge in [0.25, 0.3) is 0 Å². The van der Waals surface area contributed by atoms with Crippen LogP contribution in [0.2, 0.25) is 0 Å². The number of amides is 1. The van der Waals surface area contributed by atoms with Crippen molar-refractivity contribution in [2.24, 2.45) is 5.92 Å². The van der Waals surface area contributed by atoms with Gasteiger partial charge in [0.15, 0.2) is 0 Å². The Bertz CT molecular complexity index is 262. The summed E-state index contributed by atoms with van der Waals surface area (Å²) in [5, 5.41) is 10.4. The third kappa shape index (κ3) is 1.81. The molecule has 0 aliphatic carbocycles. The molecule has 1 saturated heterocycles. The lowest BCUT2D eigenvalue weighted by atomic mass is 9.92. The van der Waals surface area contributed by atoms with Gasteiger partial charge in [-0.2, -0.15) is 0 Å². The topological polar surface area (TPSA) is 49.8 Å². The first-order valence-corrected chi connectivity index (χ1v) is 5.04. The zero-order valence-electron chi connectivity index (χ0n) is 8.11. The number of carbonyl (C=O) groups is 1. The summed E-state index contributed by atoms with van der Waals surface area (Å²) in [5.41, 5.74) is 1.25. The van der Waals surface area contributed by atoms with E-state index in [1.165, 1.54) is 10.6 Å². The number of aliphatic hydroxyl groups is 1. The van der Waals surface area contributed by atoms with Crippen molar-refractivity contribution < 1.29 is 14.7 Å². The lowest BCUT2D eigenvalue weighted by Crippen LogP contribution is -2.34. The van der Waals surface area contributed by atoms with Gasteiger partial charge in [0.2, 0.25) is 5.91 Å². The molecule has 78 valence electrons. The highest BCUT2D eigenvalue weighted by Crippen LogP contribution is 2.28. The van der Waals surface area contributed by atoms with Crippen molar-refractivity contribution >= 4 is 5.91 Å². The first kappa shape index (κ1) is 9.68. The molecule has 14 heavy (non-hydrogen) atoms. The number of hydroxylamine groups is 2. The molecule has 0 unspecified atom stereocenters. The molecule has 1 N–H and O–H groups in total. The molecule has 1 fully saturated rings. The van der Waals surface area contributed by atoms with Gasteiger partial charge in [0.05, 0.1) is 13.2 Å². The maximum atomic E-state index is 11.5. The standard InChI is InChI=1S/C10H15NO3/c12-5-3-8-1-2-10(13)11-7-9(8)4-6-14-11/h4,8,12H,1-3,5-7H2/t8-/m0/s1. The minimum absolute atomic E-state index is 0.0658. The highest BCUT2D eigenvalue weighted by Gasteiger charge is 2.28. The first-order chi connectivity index (χ1) is 6.81. The van der Waals surface area contributed by atoms with E-state index in [0.717, 1.165) is 12.8 Å². The molecule has 0 aromatic heterocycles. The van der Waals surface area contributed by atoms with Crippen LogP contribution in [0.4, 0.5) is 0 Å². The molecule has 0 spiro atoms. The summed E-state index contributed by atoms with van der Waals surface area (Å²) in [4.78, 5) is 16.7. The number of fused-ring (bicyclic) bond motifs is 2. The molecular weight excluding hydrogens is 182 g/mol. The van der Waals surface area contributed by atoms with E-state index in [0.29, 0.717) is 25.5 Å². The van der Waals surface area contributed by atoms with Gasteiger partial charge in [0, 0.05) is 13.0 Å². The SMILES string of the molecule is O=C1CC[C@@H](CCO)C2=CCON1C2. The van der Waals surface area contributed by atoms with Gasteiger partial charge in [-0.1, -0.05) is 6.08 Å². The van der Waals surface area contributed by atoms with E-state index >= 15 is 0 Å². The van der Waals surface area contributed by atoms with Crippen molar-refractivity contribution in [1.82, 2.24) is 5.06 Å². The molecule has 2 aliphatic heterocycles. The molecule has 0 saturated carbocycles. The van der Waals surface area contributed by atoms with Crippen molar-refractivity contribution in [3.63, 3.8) is 0 Å². The van der Waals surface area contributed by atoms with Crippen LogP contribution in [0.15, 0.2) is 11.6 Å². The number of hydrogen-bond acceptors (Lipinski definition) is 3. The lowest BCUT2D eigenvalue weighted by Gasteiger charge is -2.26. The van der Waals surface area contributed by atoms with Crippen molar-refractivity contribution in [3.8, 4) is 0 Å². The number of nitrogens with zero attached hydrogens (tertiary/aromatic N) is 1. The van der Waals surface area contributed by atoms with E-state index in [4.69, 9.17) is 9.94 Å². The molecule has 2 rings (SSSR count). The first-order valence-electron chi connectivity index (χ1n) is 5.04. The van der Waals surface area contributed by atoms with E-state index < -0.39 is 0 Å². The number of hydrogen-bond donors (Lipinski definition) is 1. The van der Waals surface area contributed by atoms with Gasteiger partial charge in [-0.3, -0.25) is 9.63 Å². The van der Waals surface area contributed by atoms with Crippen LogP contribution >= 0.6 is 0 Å². The predicted molar refractivity (Wildman–Crippen MR) is 50.2 cm³/mol. The molecule has 1 amide bonds. The Kier molecular flexibility index (Phi) is 2.84. The Labute approximate surface area is 83.1 Å². The van der Waals surface area contributed by atoms with Gasteiger partial charge in [-0.25, -0.2) is 5.06 Å². The second-order valence-corrected chi connectivity index (χ2v) is 3.75. The van der Waals surface area contributed by atoms with E-state index in [-0.39, 0.29) is 12.5 Å². The number of rotatable bonds is 2. The van der Waals surface area contributed by atoms with Gasteiger partial charge in [-0.05, 0) is 24.3 Å². The maximum absolute atomic E-state index is 11.5. The maximum Gasteiger partial charge on any atom is 0.246 e. The zero-order chi connectivity index (χ0) is 9.97. The zero-order valence-corrected chi connectivity index (χ0v) is 8.11. The molecule has 2 heterocycles. The average molecular weight is 197 g/mol. The molecule has 2 aliphatic rings. The summed E-state index contributed by atoms with van der Waals surface area (Å²) in [7, 11) is 0. The second kappa shape index (κ2) is 4.11. The van der Waals surface area contributed by atoms with Crippen molar-refractivity contribution in [2.75, 3.05) is 19.8 Å². The smallest absolute Gasteiger partial charge is 0.246 e. The average Bonchev–Trinajstić information content (AvgIpc) is 2.32. The fourth-order valence-corrected chi connectivity index (χ4v) is 2.06. The van der Waals surface area contributed by atoms with Crippen LogP contribution in [-0.2, 0) is 9.63 Å². The van der Waals surface area contributed by atoms with Crippen LogP contribution < -0.4 is 0 Å². The Morgan fingerprint density at radius 3 is 3.29 bits per heavy atom. The Morgan fingerprint density at radius 1 is 1.64 bits per heavy atom. The van der Waals surface area contributed by atoms with Crippen LogP contribution in [0.5, 0.6) is 0 Å². The molecular formula is C10H15NO3. The third-order valence-corrected chi connectivity index (χ3v) is 2.89. The molecule has 0 radical (unpaired) electrons. The fourth-order valence-electron chi connectivity index (χ4n) is 2.06. The molecule has 1 atom stereocenters. The molecule has 0 aromatic rings. The van der Waals surface area contributed by atoms with Crippen LogP contribution in [0.1, 0.15) is 19.3 Å². The van der Waals surface area contributed by atoms with E-state index in [9.17, 15) is 4.79 Å². The second-order valence-electron chi connectivity index (χ2n) is 3.75. The molecule has 4 nitrogen and oxygen atoms in total. The van der Waals surface area contributed by atoms with E-state index in [1.807, 2.05) is 6.08 Å².